The number of carbonyl (C=O) groups is 1. The molecule has 2 aromatic rings. The second-order valence-electron chi connectivity index (χ2n) is 5.86. The molecule has 0 heterocycles. The van der Waals surface area contributed by atoms with E-state index in [4.69, 9.17) is 4.74 Å². The van der Waals surface area contributed by atoms with Gasteiger partial charge in [-0.2, -0.15) is 4.31 Å². The van der Waals surface area contributed by atoms with Gasteiger partial charge in [-0.05, 0) is 30.7 Å². The third kappa shape index (κ3) is 4.51. The smallest absolute Gasteiger partial charge is 0.338 e. The van der Waals surface area contributed by atoms with Gasteiger partial charge in [0.25, 0.3) is 0 Å². The molecule has 0 spiro atoms. The zero-order chi connectivity index (χ0) is 20.2. The van der Waals surface area contributed by atoms with Crippen LogP contribution in [0.2, 0.25) is 0 Å². The number of carbonyl (C=O) groups excluding carboxylic acids is 1. The summed E-state index contributed by atoms with van der Waals surface area (Å²) in [5, 5.41) is 0. The van der Waals surface area contributed by atoms with Crippen molar-refractivity contribution in [1.82, 2.24) is 4.31 Å². The lowest BCUT2D eigenvalue weighted by Gasteiger charge is -2.20. The molecule has 2 rings (SSSR count). The van der Waals surface area contributed by atoms with E-state index < -0.39 is 34.2 Å². The van der Waals surface area contributed by atoms with Crippen LogP contribution in [0.3, 0.4) is 0 Å². The highest BCUT2D eigenvalue weighted by molar-refractivity contribution is 7.89. The van der Waals surface area contributed by atoms with Crippen molar-refractivity contribution in [3.05, 3.63) is 64.7 Å². The summed E-state index contributed by atoms with van der Waals surface area (Å²) in [6, 6.07) is 7.76. The minimum absolute atomic E-state index is 0.0117. The highest BCUT2D eigenvalue weighted by atomic mass is 32.2. The van der Waals surface area contributed by atoms with Crippen molar-refractivity contribution in [3.63, 3.8) is 0 Å². The summed E-state index contributed by atoms with van der Waals surface area (Å²) in [7, 11) is -3.75. The molecule has 0 atom stereocenters. The normalized spacial score (nSPS) is 11.6. The molecule has 0 aliphatic rings. The van der Waals surface area contributed by atoms with E-state index in [9.17, 15) is 22.0 Å². The van der Waals surface area contributed by atoms with Crippen molar-refractivity contribution in [2.75, 3.05) is 13.1 Å². The number of ether oxygens (including phenoxy) is 1. The molecule has 2 aromatic carbocycles. The van der Waals surface area contributed by atoms with Crippen LogP contribution in [0.15, 0.2) is 41.3 Å². The van der Waals surface area contributed by atoms with E-state index in [1.807, 2.05) is 0 Å². The topological polar surface area (TPSA) is 63.7 Å². The van der Waals surface area contributed by atoms with Crippen LogP contribution in [-0.2, 0) is 21.4 Å². The van der Waals surface area contributed by atoms with Crippen molar-refractivity contribution >= 4 is 16.0 Å². The molecule has 27 heavy (non-hydrogen) atoms. The molecule has 0 aromatic heterocycles. The predicted octanol–water partition coefficient (Wildman–Crippen LogP) is 3.66. The van der Waals surface area contributed by atoms with E-state index >= 15 is 0 Å². The summed E-state index contributed by atoms with van der Waals surface area (Å²) in [6.07, 6.45) is 0. The average Bonchev–Trinajstić information content (AvgIpc) is 2.63. The molecule has 0 bridgehead atoms. The summed E-state index contributed by atoms with van der Waals surface area (Å²) in [4.78, 5) is 12.3. The van der Waals surface area contributed by atoms with E-state index in [1.54, 1.807) is 20.8 Å². The summed E-state index contributed by atoms with van der Waals surface area (Å²) >= 11 is 0. The van der Waals surface area contributed by atoms with Crippen LogP contribution in [0.1, 0.15) is 35.3 Å². The van der Waals surface area contributed by atoms with Crippen molar-refractivity contribution in [1.29, 1.82) is 0 Å². The molecule has 146 valence electrons. The molecule has 0 unspecified atom stereocenters. The Bertz CT molecular complexity index is 941. The van der Waals surface area contributed by atoms with E-state index in [2.05, 4.69) is 0 Å². The third-order valence-corrected chi connectivity index (χ3v) is 6.33. The molecule has 0 saturated heterocycles. The van der Waals surface area contributed by atoms with Gasteiger partial charge < -0.3 is 4.74 Å². The molecule has 0 aliphatic carbocycles. The Morgan fingerprint density at radius 3 is 2.41 bits per heavy atom. The van der Waals surface area contributed by atoms with Crippen LogP contribution in [0, 0.1) is 18.6 Å². The number of hydrogen-bond acceptors (Lipinski definition) is 4. The zero-order valence-corrected chi connectivity index (χ0v) is 16.1. The van der Waals surface area contributed by atoms with E-state index in [1.165, 1.54) is 34.6 Å². The van der Waals surface area contributed by atoms with Gasteiger partial charge >= 0.3 is 5.97 Å². The molecule has 0 amide bonds. The molecular weight excluding hydrogens is 376 g/mol. The summed E-state index contributed by atoms with van der Waals surface area (Å²) in [5.74, 6) is -2.94. The van der Waals surface area contributed by atoms with Gasteiger partial charge in [-0.15, -0.1) is 0 Å². The Labute approximate surface area is 157 Å². The monoisotopic (exact) mass is 397 g/mol. The van der Waals surface area contributed by atoms with Gasteiger partial charge in [-0.1, -0.05) is 32.0 Å². The predicted molar refractivity (Wildman–Crippen MR) is 96.8 cm³/mol. The van der Waals surface area contributed by atoms with Gasteiger partial charge in [0.1, 0.15) is 6.61 Å². The number of benzene rings is 2. The van der Waals surface area contributed by atoms with E-state index in [0.717, 1.165) is 6.07 Å². The Balaban J connectivity index is 2.27. The number of esters is 1. The quantitative estimate of drug-likeness (QED) is 0.669. The third-order valence-electron chi connectivity index (χ3n) is 4.14. The van der Waals surface area contributed by atoms with E-state index in [-0.39, 0.29) is 16.0 Å². The van der Waals surface area contributed by atoms with Crippen LogP contribution in [-0.4, -0.2) is 31.8 Å². The van der Waals surface area contributed by atoms with Gasteiger partial charge in [-0.25, -0.2) is 22.0 Å². The zero-order valence-electron chi connectivity index (χ0n) is 15.3. The SMILES string of the molecule is CCN(CC)S(=O)(=O)c1cc(C(=O)OCc2cccc(F)c2F)ccc1C. The number of sulfonamides is 1. The fourth-order valence-corrected chi connectivity index (χ4v) is 4.30. The Morgan fingerprint density at radius 1 is 1.11 bits per heavy atom. The highest BCUT2D eigenvalue weighted by Gasteiger charge is 2.25. The van der Waals surface area contributed by atoms with Crippen LogP contribution < -0.4 is 0 Å². The molecule has 5 nitrogen and oxygen atoms in total. The number of aryl methyl sites for hydroxylation is 1. The minimum atomic E-state index is -3.75. The maximum atomic E-state index is 13.6. The summed E-state index contributed by atoms with van der Waals surface area (Å²) in [5.41, 5.74) is 0.407. The number of rotatable bonds is 7. The highest BCUT2D eigenvalue weighted by Crippen LogP contribution is 2.22. The van der Waals surface area contributed by atoms with Gasteiger partial charge in [-0.3, -0.25) is 0 Å². The maximum absolute atomic E-state index is 13.6. The Hall–Kier alpha value is -2.32. The Morgan fingerprint density at radius 2 is 1.78 bits per heavy atom. The van der Waals surface area contributed by atoms with Gasteiger partial charge in [0.05, 0.1) is 10.5 Å². The van der Waals surface area contributed by atoms with Crippen molar-refractivity contribution in [3.8, 4) is 0 Å². The lowest BCUT2D eigenvalue weighted by molar-refractivity contribution is 0.0467. The Kier molecular flexibility index (Phi) is 6.67. The summed E-state index contributed by atoms with van der Waals surface area (Å²) in [6.45, 7) is 5.21. The van der Waals surface area contributed by atoms with Crippen LogP contribution in [0.25, 0.3) is 0 Å². The number of halogens is 2. The lowest BCUT2D eigenvalue weighted by Crippen LogP contribution is -2.31. The first-order chi connectivity index (χ1) is 12.7. The number of hydrogen-bond donors (Lipinski definition) is 0. The maximum Gasteiger partial charge on any atom is 0.338 e. The molecule has 0 aliphatic heterocycles. The van der Waals surface area contributed by atoms with Crippen LogP contribution in [0.5, 0.6) is 0 Å². The lowest BCUT2D eigenvalue weighted by atomic mass is 10.1. The van der Waals surface area contributed by atoms with Gasteiger partial charge in [0.2, 0.25) is 10.0 Å². The van der Waals surface area contributed by atoms with Crippen molar-refractivity contribution < 1.29 is 26.7 Å². The molecule has 0 saturated carbocycles. The van der Waals surface area contributed by atoms with E-state index in [0.29, 0.717) is 18.7 Å². The minimum Gasteiger partial charge on any atom is -0.457 e. The molecular formula is C19H21F2NO4S. The summed E-state index contributed by atoms with van der Waals surface area (Å²) < 4.78 is 58.6. The second-order valence-corrected chi connectivity index (χ2v) is 7.77. The molecule has 8 heteroatoms. The first kappa shape index (κ1) is 21.0. The first-order valence-electron chi connectivity index (χ1n) is 8.43. The van der Waals surface area contributed by atoms with Crippen molar-refractivity contribution in [2.24, 2.45) is 0 Å². The molecule has 0 radical (unpaired) electrons. The van der Waals surface area contributed by atoms with Gasteiger partial charge in [0, 0.05) is 18.7 Å². The van der Waals surface area contributed by atoms with Crippen LogP contribution in [0.4, 0.5) is 8.78 Å². The van der Waals surface area contributed by atoms with Crippen LogP contribution >= 0.6 is 0 Å². The standard InChI is InChI=1S/C19H21F2NO4S/c1-4-22(5-2)27(24,25)17-11-14(10-9-13(17)3)19(23)26-12-15-7-6-8-16(20)18(15)21/h6-11H,4-5,12H2,1-3H3. The molecule has 0 N–H and O–H groups in total. The first-order valence-corrected chi connectivity index (χ1v) is 9.87. The fraction of sp³-hybridized carbons (Fsp3) is 0.316. The fourth-order valence-electron chi connectivity index (χ4n) is 2.59. The van der Waals surface area contributed by atoms with Crippen molar-refractivity contribution in [2.45, 2.75) is 32.3 Å². The average molecular weight is 397 g/mol. The number of nitrogens with zero attached hydrogens (tertiary/aromatic N) is 1. The largest absolute Gasteiger partial charge is 0.457 e. The second kappa shape index (κ2) is 8.58. The van der Waals surface area contributed by atoms with Gasteiger partial charge in [0.15, 0.2) is 11.6 Å². The molecule has 0 fully saturated rings.